The van der Waals surface area contributed by atoms with Crippen LogP contribution >= 0.6 is 0 Å². The van der Waals surface area contributed by atoms with Crippen LogP contribution in [0.5, 0.6) is 0 Å². The zero-order valence-electron chi connectivity index (χ0n) is 9.67. The standard InChI is InChI=1S/C12H16N4/c1-12(2)4-3-9-7(6-12)5-8-10(13)15-16-11(8)14-9/h5H,3-4,6H2,1-2H3,(H3,13,14,15,16). The molecule has 1 aliphatic rings. The summed E-state index contributed by atoms with van der Waals surface area (Å²) < 4.78 is 0. The summed E-state index contributed by atoms with van der Waals surface area (Å²) in [4.78, 5) is 4.58. The Bertz CT molecular complexity index is 553. The van der Waals surface area contributed by atoms with Gasteiger partial charge in [-0.25, -0.2) is 4.98 Å². The molecule has 4 nitrogen and oxygen atoms in total. The van der Waals surface area contributed by atoms with Gasteiger partial charge in [-0.2, -0.15) is 5.10 Å². The van der Waals surface area contributed by atoms with Crippen molar-refractivity contribution >= 4 is 16.9 Å². The van der Waals surface area contributed by atoms with Crippen LogP contribution in [0.15, 0.2) is 6.07 Å². The number of aryl methyl sites for hydroxylation is 1. The highest BCUT2D eigenvalue weighted by molar-refractivity contribution is 5.86. The lowest BCUT2D eigenvalue weighted by Crippen LogP contribution is -2.22. The van der Waals surface area contributed by atoms with Crippen LogP contribution in [0.3, 0.4) is 0 Å². The van der Waals surface area contributed by atoms with Gasteiger partial charge in [0.2, 0.25) is 0 Å². The number of rotatable bonds is 0. The first-order chi connectivity index (χ1) is 7.55. The summed E-state index contributed by atoms with van der Waals surface area (Å²) in [6.45, 7) is 4.61. The molecule has 0 saturated carbocycles. The molecule has 0 aliphatic heterocycles. The molecule has 2 aromatic heterocycles. The van der Waals surface area contributed by atoms with Crippen LogP contribution < -0.4 is 5.73 Å². The van der Waals surface area contributed by atoms with E-state index in [1.807, 2.05) is 0 Å². The molecule has 0 radical (unpaired) electrons. The fraction of sp³-hybridized carbons (Fsp3) is 0.500. The minimum Gasteiger partial charge on any atom is -0.384 e. The van der Waals surface area contributed by atoms with E-state index in [1.165, 1.54) is 17.7 Å². The third-order valence-corrected chi connectivity index (χ3v) is 3.45. The summed E-state index contributed by atoms with van der Waals surface area (Å²) in [5.74, 6) is 0.619. The molecular weight excluding hydrogens is 200 g/mol. The van der Waals surface area contributed by atoms with Gasteiger partial charge in [0.05, 0.1) is 5.39 Å². The molecular formula is C12H16N4. The number of hydrogen-bond acceptors (Lipinski definition) is 3. The summed E-state index contributed by atoms with van der Waals surface area (Å²) >= 11 is 0. The topological polar surface area (TPSA) is 67.6 Å². The largest absolute Gasteiger partial charge is 0.384 e. The van der Waals surface area contributed by atoms with Crippen molar-refractivity contribution in [2.24, 2.45) is 5.41 Å². The maximum atomic E-state index is 5.82. The van der Waals surface area contributed by atoms with Crippen LogP contribution in [-0.2, 0) is 12.8 Å². The number of H-pyrrole nitrogens is 1. The van der Waals surface area contributed by atoms with Gasteiger partial charge in [-0.1, -0.05) is 13.8 Å². The van der Waals surface area contributed by atoms with Crippen LogP contribution in [0.1, 0.15) is 31.5 Å². The number of fused-ring (bicyclic) bond motifs is 2. The van der Waals surface area contributed by atoms with E-state index < -0.39 is 0 Å². The number of anilines is 1. The van der Waals surface area contributed by atoms with Gasteiger partial charge in [-0.3, -0.25) is 5.10 Å². The minimum absolute atomic E-state index is 0.376. The lowest BCUT2D eigenvalue weighted by atomic mass is 9.76. The van der Waals surface area contributed by atoms with Crippen LogP contribution in [-0.4, -0.2) is 15.2 Å². The molecule has 0 atom stereocenters. The Labute approximate surface area is 94.3 Å². The van der Waals surface area contributed by atoms with Gasteiger partial charge in [0.15, 0.2) is 5.65 Å². The molecule has 0 spiro atoms. The molecule has 3 N–H and O–H groups in total. The van der Waals surface area contributed by atoms with E-state index in [2.05, 4.69) is 35.1 Å². The average Bonchev–Trinajstić information content (AvgIpc) is 2.56. The summed E-state index contributed by atoms with van der Waals surface area (Å²) in [7, 11) is 0. The molecule has 3 rings (SSSR count). The fourth-order valence-electron chi connectivity index (χ4n) is 2.47. The molecule has 0 amide bonds. The van der Waals surface area contributed by atoms with Gasteiger partial charge < -0.3 is 5.73 Å². The molecule has 0 bridgehead atoms. The van der Waals surface area contributed by atoms with Gasteiger partial charge in [0.25, 0.3) is 0 Å². The third kappa shape index (κ3) is 1.37. The summed E-state index contributed by atoms with van der Waals surface area (Å²) in [5, 5.41) is 7.84. The highest BCUT2D eigenvalue weighted by atomic mass is 15.2. The zero-order chi connectivity index (χ0) is 11.3. The monoisotopic (exact) mass is 216 g/mol. The van der Waals surface area contributed by atoms with Crippen molar-refractivity contribution in [2.45, 2.75) is 33.1 Å². The number of hydrogen-bond donors (Lipinski definition) is 2. The Hall–Kier alpha value is -1.58. The van der Waals surface area contributed by atoms with E-state index in [4.69, 9.17) is 5.73 Å². The maximum Gasteiger partial charge on any atom is 0.183 e. The number of nitrogens with two attached hydrogens (primary N) is 1. The highest BCUT2D eigenvalue weighted by Crippen LogP contribution is 2.35. The third-order valence-electron chi connectivity index (χ3n) is 3.45. The molecule has 0 unspecified atom stereocenters. The van der Waals surface area contributed by atoms with E-state index in [1.54, 1.807) is 0 Å². The molecule has 1 aliphatic carbocycles. The van der Waals surface area contributed by atoms with Crippen LogP contribution in [0.4, 0.5) is 5.82 Å². The van der Waals surface area contributed by atoms with Crippen LogP contribution in [0.25, 0.3) is 11.0 Å². The highest BCUT2D eigenvalue weighted by Gasteiger charge is 2.26. The average molecular weight is 216 g/mol. The Balaban J connectivity index is 2.19. The molecule has 2 heterocycles. The predicted molar refractivity (Wildman–Crippen MR) is 64.1 cm³/mol. The van der Waals surface area contributed by atoms with Crippen molar-refractivity contribution in [3.05, 3.63) is 17.3 Å². The van der Waals surface area contributed by atoms with Crippen LogP contribution in [0.2, 0.25) is 0 Å². The first-order valence-corrected chi connectivity index (χ1v) is 5.67. The molecule has 16 heavy (non-hydrogen) atoms. The lowest BCUT2D eigenvalue weighted by molar-refractivity contribution is 0.313. The number of nitrogen functional groups attached to an aromatic ring is 1. The smallest absolute Gasteiger partial charge is 0.183 e. The molecule has 2 aromatic rings. The van der Waals surface area contributed by atoms with E-state index in [-0.39, 0.29) is 0 Å². The Morgan fingerprint density at radius 3 is 3.06 bits per heavy atom. The van der Waals surface area contributed by atoms with Gasteiger partial charge in [0.1, 0.15) is 5.82 Å². The fourth-order valence-corrected chi connectivity index (χ4v) is 2.47. The Kier molecular flexibility index (Phi) is 1.79. The van der Waals surface area contributed by atoms with Gasteiger partial charge >= 0.3 is 0 Å². The molecule has 0 fully saturated rings. The first-order valence-electron chi connectivity index (χ1n) is 5.67. The first kappa shape index (κ1) is 9.63. The Morgan fingerprint density at radius 2 is 2.25 bits per heavy atom. The zero-order valence-corrected chi connectivity index (χ0v) is 9.67. The van der Waals surface area contributed by atoms with E-state index in [0.717, 1.165) is 23.9 Å². The number of aromatic amines is 1. The summed E-state index contributed by atoms with van der Waals surface area (Å²) in [6, 6.07) is 2.15. The van der Waals surface area contributed by atoms with Crippen molar-refractivity contribution in [1.82, 2.24) is 15.2 Å². The lowest BCUT2D eigenvalue weighted by Gasteiger charge is -2.30. The molecule has 4 heteroatoms. The van der Waals surface area contributed by atoms with Gasteiger partial charge in [-0.05, 0) is 36.3 Å². The number of nitrogens with one attached hydrogen (secondary N) is 1. The predicted octanol–water partition coefficient (Wildman–Crippen LogP) is 2.05. The second-order valence-corrected chi connectivity index (χ2v) is 5.44. The van der Waals surface area contributed by atoms with Crippen molar-refractivity contribution in [3.8, 4) is 0 Å². The molecule has 0 aromatic carbocycles. The van der Waals surface area contributed by atoms with Crippen molar-refractivity contribution in [1.29, 1.82) is 0 Å². The molecule has 84 valence electrons. The van der Waals surface area contributed by atoms with Crippen molar-refractivity contribution in [3.63, 3.8) is 0 Å². The summed E-state index contributed by atoms with van der Waals surface area (Å²) in [6.07, 6.45) is 3.32. The molecule has 0 saturated heterocycles. The van der Waals surface area contributed by atoms with E-state index >= 15 is 0 Å². The van der Waals surface area contributed by atoms with Crippen LogP contribution in [0, 0.1) is 5.41 Å². The second-order valence-electron chi connectivity index (χ2n) is 5.44. The minimum atomic E-state index is 0.376. The number of aromatic nitrogens is 3. The van der Waals surface area contributed by atoms with Gasteiger partial charge in [-0.15, -0.1) is 0 Å². The number of pyridine rings is 1. The maximum absolute atomic E-state index is 5.82. The van der Waals surface area contributed by atoms with Crippen molar-refractivity contribution < 1.29 is 0 Å². The SMILES string of the molecule is CC1(C)CCc2nc3n[nH]c(N)c3cc2C1. The van der Waals surface area contributed by atoms with E-state index in [9.17, 15) is 0 Å². The Morgan fingerprint density at radius 1 is 1.44 bits per heavy atom. The van der Waals surface area contributed by atoms with Gasteiger partial charge in [0, 0.05) is 5.69 Å². The van der Waals surface area contributed by atoms with Crippen molar-refractivity contribution in [2.75, 3.05) is 5.73 Å². The summed E-state index contributed by atoms with van der Waals surface area (Å²) in [5.41, 5.74) is 9.46. The second kappa shape index (κ2) is 2.97. The number of nitrogens with zero attached hydrogens (tertiary/aromatic N) is 2. The normalized spacial score (nSPS) is 18.6. The van der Waals surface area contributed by atoms with E-state index in [0.29, 0.717) is 11.2 Å². The quantitative estimate of drug-likeness (QED) is 0.708.